The topological polar surface area (TPSA) is 63.1 Å². The van der Waals surface area contributed by atoms with Crippen LogP contribution in [0.25, 0.3) is 5.82 Å². The van der Waals surface area contributed by atoms with E-state index in [-0.39, 0.29) is 36.1 Å². The number of carbonyl (C=O) groups is 1. The molecular formula is C17H23Cl2N5O. The van der Waals surface area contributed by atoms with Gasteiger partial charge in [-0.3, -0.25) is 4.79 Å². The predicted molar refractivity (Wildman–Crippen MR) is 101 cm³/mol. The number of hydrogen-bond acceptors (Lipinski definition) is 4. The minimum atomic E-state index is -0.135. The van der Waals surface area contributed by atoms with Crippen LogP contribution < -0.4 is 5.32 Å². The number of rotatable bonds is 2. The second-order valence-electron chi connectivity index (χ2n) is 6.32. The zero-order valence-corrected chi connectivity index (χ0v) is 16.4. The Labute approximate surface area is 159 Å². The Morgan fingerprint density at radius 3 is 2.68 bits per heavy atom. The molecule has 0 saturated carbocycles. The number of aryl methyl sites for hydroxylation is 2. The molecule has 1 fully saturated rings. The van der Waals surface area contributed by atoms with Crippen molar-refractivity contribution in [1.82, 2.24) is 25.0 Å². The van der Waals surface area contributed by atoms with Crippen molar-refractivity contribution in [2.45, 2.75) is 39.8 Å². The number of piperazine rings is 1. The van der Waals surface area contributed by atoms with E-state index < -0.39 is 0 Å². The van der Waals surface area contributed by atoms with Gasteiger partial charge in [-0.15, -0.1) is 12.4 Å². The highest BCUT2D eigenvalue weighted by Crippen LogP contribution is 2.21. The van der Waals surface area contributed by atoms with Gasteiger partial charge < -0.3 is 10.2 Å². The van der Waals surface area contributed by atoms with Gasteiger partial charge in [0.25, 0.3) is 5.91 Å². The van der Waals surface area contributed by atoms with E-state index >= 15 is 0 Å². The maximum absolute atomic E-state index is 13.0. The molecule has 0 aliphatic carbocycles. The van der Waals surface area contributed by atoms with Crippen molar-refractivity contribution in [3.63, 3.8) is 0 Å². The first-order chi connectivity index (χ1) is 11.4. The first-order valence-corrected chi connectivity index (χ1v) is 8.51. The fourth-order valence-corrected chi connectivity index (χ4v) is 3.23. The van der Waals surface area contributed by atoms with E-state index in [0.29, 0.717) is 17.4 Å². The summed E-state index contributed by atoms with van der Waals surface area (Å²) in [5.74, 6) is 0.466. The molecule has 3 rings (SSSR count). The summed E-state index contributed by atoms with van der Waals surface area (Å²) in [5.41, 5.74) is 2.15. The molecule has 6 nitrogen and oxygen atoms in total. The SMILES string of the molecule is Cc1cc(C)n(-c2ccc(Cl)c(C(=O)N3CCNC(C)C3C)n2)n1.Cl. The number of pyridine rings is 1. The average molecular weight is 384 g/mol. The minimum Gasteiger partial charge on any atom is -0.332 e. The number of hydrogen-bond donors (Lipinski definition) is 1. The Morgan fingerprint density at radius 2 is 2.04 bits per heavy atom. The number of nitrogens with zero attached hydrogens (tertiary/aromatic N) is 4. The van der Waals surface area contributed by atoms with Gasteiger partial charge in [0.2, 0.25) is 0 Å². The van der Waals surface area contributed by atoms with Crippen LogP contribution in [0, 0.1) is 13.8 Å². The lowest BCUT2D eigenvalue weighted by Crippen LogP contribution is -2.57. The molecule has 1 N–H and O–H groups in total. The fraction of sp³-hybridized carbons (Fsp3) is 0.471. The summed E-state index contributed by atoms with van der Waals surface area (Å²) in [6.07, 6.45) is 0. The molecule has 25 heavy (non-hydrogen) atoms. The van der Waals surface area contributed by atoms with E-state index in [9.17, 15) is 4.79 Å². The van der Waals surface area contributed by atoms with Crippen molar-refractivity contribution < 1.29 is 4.79 Å². The number of amides is 1. The third-order valence-corrected chi connectivity index (χ3v) is 4.86. The van der Waals surface area contributed by atoms with Gasteiger partial charge in [-0.1, -0.05) is 11.6 Å². The van der Waals surface area contributed by atoms with Gasteiger partial charge >= 0.3 is 0 Å². The highest BCUT2D eigenvalue weighted by molar-refractivity contribution is 6.33. The summed E-state index contributed by atoms with van der Waals surface area (Å²) in [4.78, 5) is 19.3. The van der Waals surface area contributed by atoms with E-state index in [4.69, 9.17) is 11.6 Å². The normalized spacial score (nSPS) is 20.3. The van der Waals surface area contributed by atoms with Gasteiger partial charge in [0.05, 0.1) is 10.7 Å². The van der Waals surface area contributed by atoms with Crippen LogP contribution in [0.2, 0.25) is 5.02 Å². The van der Waals surface area contributed by atoms with Crippen LogP contribution in [0.5, 0.6) is 0 Å². The standard InChI is InChI=1S/C17H22ClN5O.ClH/c1-10-9-11(2)23(21-10)15-6-5-14(18)16(20-15)17(24)22-8-7-19-12(3)13(22)4;/h5-6,9,12-13,19H,7-8H2,1-4H3;1H. The first-order valence-electron chi connectivity index (χ1n) is 8.13. The highest BCUT2D eigenvalue weighted by atomic mass is 35.5. The monoisotopic (exact) mass is 383 g/mol. The van der Waals surface area contributed by atoms with Gasteiger partial charge in [-0.25, -0.2) is 9.67 Å². The van der Waals surface area contributed by atoms with Crippen molar-refractivity contribution in [3.8, 4) is 5.82 Å². The van der Waals surface area contributed by atoms with E-state index in [1.54, 1.807) is 16.8 Å². The lowest BCUT2D eigenvalue weighted by atomic mass is 10.1. The number of aromatic nitrogens is 3. The maximum Gasteiger partial charge on any atom is 0.274 e. The molecule has 0 spiro atoms. The van der Waals surface area contributed by atoms with Crippen molar-refractivity contribution in [2.24, 2.45) is 0 Å². The average Bonchev–Trinajstić information content (AvgIpc) is 2.88. The largest absolute Gasteiger partial charge is 0.332 e. The molecule has 0 aromatic carbocycles. The Morgan fingerprint density at radius 1 is 1.32 bits per heavy atom. The molecule has 0 bridgehead atoms. The van der Waals surface area contributed by atoms with E-state index in [1.165, 1.54) is 0 Å². The zero-order valence-electron chi connectivity index (χ0n) is 14.8. The van der Waals surface area contributed by atoms with Gasteiger partial charge in [-0.2, -0.15) is 5.10 Å². The first kappa shape index (κ1) is 19.7. The molecule has 2 aromatic rings. The molecule has 8 heteroatoms. The van der Waals surface area contributed by atoms with Gasteiger partial charge in [-0.05, 0) is 45.9 Å². The molecule has 0 radical (unpaired) electrons. The quantitative estimate of drug-likeness (QED) is 0.865. The minimum absolute atomic E-state index is 0. The Balaban J connectivity index is 0.00000225. The van der Waals surface area contributed by atoms with Crippen LogP contribution in [0.1, 0.15) is 35.7 Å². The second-order valence-corrected chi connectivity index (χ2v) is 6.73. The zero-order chi connectivity index (χ0) is 17.4. The van der Waals surface area contributed by atoms with Crippen LogP contribution in [-0.2, 0) is 0 Å². The number of nitrogens with one attached hydrogen (secondary N) is 1. The van der Waals surface area contributed by atoms with Gasteiger partial charge in [0.1, 0.15) is 5.69 Å². The Hall–Kier alpha value is -1.63. The molecule has 3 heterocycles. The van der Waals surface area contributed by atoms with Crippen LogP contribution in [0.15, 0.2) is 18.2 Å². The molecule has 1 aliphatic rings. The molecule has 2 atom stereocenters. The molecule has 136 valence electrons. The molecule has 1 aliphatic heterocycles. The van der Waals surface area contributed by atoms with Crippen molar-refractivity contribution in [2.75, 3.05) is 13.1 Å². The fourth-order valence-electron chi connectivity index (χ4n) is 3.04. The predicted octanol–water partition coefficient (Wildman–Crippen LogP) is 2.78. The van der Waals surface area contributed by atoms with Crippen LogP contribution in [-0.4, -0.2) is 50.7 Å². The molecule has 1 amide bonds. The van der Waals surface area contributed by atoms with Crippen molar-refractivity contribution in [3.05, 3.63) is 40.3 Å². The molecule has 2 unspecified atom stereocenters. The van der Waals surface area contributed by atoms with E-state index in [1.807, 2.05) is 31.7 Å². The lowest BCUT2D eigenvalue weighted by Gasteiger charge is -2.38. The van der Waals surface area contributed by atoms with E-state index in [0.717, 1.165) is 17.9 Å². The van der Waals surface area contributed by atoms with E-state index in [2.05, 4.69) is 22.3 Å². The molecule has 2 aromatic heterocycles. The van der Waals surface area contributed by atoms with Crippen LogP contribution >= 0.6 is 24.0 Å². The smallest absolute Gasteiger partial charge is 0.274 e. The lowest BCUT2D eigenvalue weighted by molar-refractivity contribution is 0.0597. The summed E-state index contributed by atoms with van der Waals surface area (Å²) >= 11 is 6.27. The Bertz CT molecular complexity index is 776. The summed E-state index contributed by atoms with van der Waals surface area (Å²) in [7, 11) is 0. The maximum atomic E-state index is 13.0. The molecular weight excluding hydrogens is 361 g/mol. The van der Waals surface area contributed by atoms with Crippen LogP contribution in [0.4, 0.5) is 0 Å². The number of carbonyl (C=O) groups excluding carboxylic acids is 1. The summed E-state index contributed by atoms with van der Waals surface area (Å²) < 4.78 is 1.73. The molecule has 1 saturated heterocycles. The summed E-state index contributed by atoms with van der Waals surface area (Å²) in [6, 6.07) is 5.78. The number of halogens is 2. The van der Waals surface area contributed by atoms with Gasteiger partial charge in [0.15, 0.2) is 5.82 Å². The van der Waals surface area contributed by atoms with Crippen molar-refractivity contribution in [1.29, 1.82) is 0 Å². The third kappa shape index (κ3) is 3.81. The van der Waals surface area contributed by atoms with Crippen LogP contribution in [0.3, 0.4) is 0 Å². The second kappa shape index (κ2) is 7.72. The summed E-state index contributed by atoms with van der Waals surface area (Å²) in [5, 5.41) is 8.16. The third-order valence-electron chi connectivity index (χ3n) is 4.56. The summed E-state index contributed by atoms with van der Waals surface area (Å²) in [6.45, 7) is 9.41. The highest BCUT2D eigenvalue weighted by Gasteiger charge is 2.30. The Kier molecular flexibility index (Phi) is 6.08. The van der Waals surface area contributed by atoms with Crippen molar-refractivity contribution >= 4 is 29.9 Å². The van der Waals surface area contributed by atoms with Gasteiger partial charge in [0, 0.05) is 30.9 Å².